The van der Waals surface area contributed by atoms with E-state index in [0.29, 0.717) is 0 Å². The van der Waals surface area contributed by atoms with Gasteiger partial charge in [-0.2, -0.15) is 0 Å². The van der Waals surface area contributed by atoms with Crippen LogP contribution in [0.5, 0.6) is 5.75 Å². The summed E-state index contributed by atoms with van der Waals surface area (Å²) in [6.45, 7) is 7.34. The van der Waals surface area contributed by atoms with Gasteiger partial charge < -0.3 is 15.0 Å². The molecule has 1 rings (SSSR count). The number of hydrogen-bond acceptors (Lipinski definition) is 3. The standard InChI is InChI=1S/C14H24N2O/c1-5-12-11-13(7-8-14(12)17-4)16(3)10-9-15-6-2/h7-8,11,15H,5-6,9-10H2,1-4H3. The van der Waals surface area contributed by atoms with E-state index in [1.165, 1.54) is 11.3 Å². The highest BCUT2D eigenvalue weighted by Crippen LogP contribution is 2.24. The Hall–Kier alpha value is -1.22. The molecule has 0 aromatic heterocycles. The van der Waals surface area contributed by atoms with Crippen LogP contribution in [-0.4, -0.2) is 33.8 Å². The first-order chi connectivity index (χ1) is 8.22. The second-order valence-electron chi connectivity index (χ2n) is 4.12. The first kappa shape index (κ1) is 13.8. The highest BCUT2D eigenvalue weighted by Gasteiger charge is 2.05. The van der Waals surface area contributed by atoms with Gasteiger partial charge in [0.15, 0.2) is 0 Å². The fourth-order valence-electron chi connectivity index (χ4n) is 1.83. The summed E-state index contributed by atoms with van der Waals surface area (Å²) in [5.74, 6) is 0.983. The minimum atomic E-state index is 0.983. The molecule has 0 radical (unpaired) electrons. The van der Waals surface area contributed by atoms with Gasteiger partial charge >= 0.3 is 0 Å². The van der Waals surface area contributed by atoms with E-state index in [0.717, 1.165) is 31.8 Å². The quantitative estimate of drug-likeness (QED) is 0.735. The van der Waals surface area contributed by atoms with Crippen LogP contribution in [0.1, 0.15) is 19.4 Å². The predicted molar refractivity (Wildman–Crippen MR) is 74.2 cm³/mol. The lowest BCUT2D eigenvalue weighted by molar-refractivity contribution is 0.410. The molecule has 0 bridgehead atoms. The van der Waals surface area contributed by atoms with Crippen molar-refractivity contribution in [1.29, 1.82) is 0 Å². The molecular weight excluding hydrogens is 212 g/mol. The average Bonchev–Trinajstić information content (AvgIpc) is 2.38. The Balaban J connectivity index is 2.70. The Kier molecular flexibility index (Phi) is 5.84. The normalized spacial score (nSPS) is 10.4. The SMILES string of the molecule is CCNCCN(C)c1ccc(OC)c(CC)c1. The van der Waals surface area contributed by atoms with E-state index in [4.69, 9.17) is 4.74 Å². The highest BCUT2D eigenvalue weighted by molar-refractivity contribution is 5.52. The fourth-order valence-corrected chi connectivity index (χ4v) is 1.83. The molecule has 3 heteroatoms. The molecule has 0 aliphatic carbocycles. The van der Waals surface area contributed by atoms with Crippen LogP contribution in [0.3, 0.4) is 0 Å². The van der Waals surface area contributed by atoms with Crippen LogP contribution in [0.15, 0.2) is 18.2 Å². The van der Waals surface area contributed by atoms with Crippen LogP contribution in [0, 0.1) is 0 Å². The molecule has 0 spiro atoms. The number of nitrogens with zero attached hydrogens (tertiary/aromatic N) is 1. The number of aryl methyl sites for hydroxylation is 1. The van der Waals surface area contributed by atoms with Crippen molar-refractivity contribution in [3.63, 3.8) is 0 Å². The van der Waals surface area contributed by atoms with E-state index in [-0.39, 0.29) is 0 Å². The molecule has 0 aliphatic rings. The maximum Gasteiger partial charge on any atom is 0.122 e. The zero-order valence-electron chi connectivity index (χ0n) is 11.4. The van der Waals surface area contributed by atoms with E-state index < -0.39 is 0 Å². The topological polar surface area (TPSA) is 24.5 Å². The number of likely N-dealkylation sites (N-methyl/N-ethyl adjacent to an activating group) is 2. The summed E-state index contributed by atoms with van der Waals surface area (Å²) in [7, 11) is 3.85. The Morgan fingerprint density at radius 2 is 2.06 bits per heavy atom. The number of hydrogen-bond donors (Lipinski definition) is 1. The maximum atomic E-state index is 5.34. The van der Waals surface area contributed by atoms with E-state index in [1.54, 1.807) is 7.11 Å². The summed E-state index contributed by atoms with van der Waals surface area (Å²) >= 11 is 0. The highest BCUT2D eigenvalue weighted by atomic mass is 16.5. The Morgan fingerprint density at radius 3 is 2.65 bits per heavy atom. The van der Waals surface area contributed by atoms with Crippen LogP contribution in [-0.2, 0) is 6.42 Å². The third-order valence-corrected chi connectivity index (χ3v) is 2.96. The number of benzene rings is 1. The van der Waals surface area contributed by atoms with Gasteiger partial charge in [-0.05, 0) is 36.7 Å². The number of nitrogens with one attached hydrogen (secondary N) is 1. The monoisotopic (exact) mass is 236 g/mol. The van der Waals surface area contributed by atoms with Gasteiger partial charge in [0.25, 0.3) is 0 Å². The van der Waals surface area contributed by atoms with E-state index in [2.05, 4.69) is 49.3 Å². The average molecular weight is 236 g/mol. The summed E-state index contributed by atoms with van der Waals surface area (Å²) in [4.78, 5) is 2.27. The van der Waals surface area contributed by atoms with Crippen LogP contribution in [0.25, 0.3) is 0 Å². The predicted octanol–water partition coefficient (Wildman–Crippen LogP) is 2.30. The van der Waals surface area contributed by atoms with Crippen molar-refractivity contribution in [1.82, 2.24) is 5.32 Å². The van der Waals surface area contributed by atoms with Gasteiger partial charge in [0.1, 0.15) is 5.75 Å². The van der Waals surface area contributed by atoms with Crippen LogP contribution in [0.4, 0.5) is 5.69 Å². The molecule has 1 aromatic rings. The molecular formula is C14H24N2O. The van der Waals surface area contributed by atoms with Crippen molar-refractivity contribution in [2.45, 2.75) is 20.3 Å². The molecule has 0 saturated carbocycles. The molecule has 0 fully saturated rings. The second kappa shape index (κ2) is 7.17. The van der Waals surface area contributed by atoms with Gasteiger partial charge in [-0.3, -0.25) is 0 Å². The Bertz CT molecular complexity index is 339. The summed E-state index contributed by atoms with van der Waals surface area (Å²) in [5.41, 5.74) is 2.51. The zero-order valence-corrected chi connectivity index (χ0v) is 11.4. The maximum absolute atomic E-state index is 5.34. The van der Waals surface area contributed by atoms with Crippen LogP contribution < -0.4 is 15.0 Å². The lowest BCUT2D eigenvalue weighted by Gasteiger charge is -2.21. The molecule has 17 heavy (non-hydrogen) atoms. The third-order valence-electron chi connectivity index (χ3n) is 2.96. The summed E-state index contributed by atoms with van der Waals surface area (Å²) in [6.07, 6.45) is 0.998. The summed E-state index contributed by atoms with van der Waals surface area (Å²) in [6, 6.07) is 6.38. The molecule has 0 atom stereocenters. The zero-order chi connectivity index (χ0) is 12.7. The molecule has 96 valence electrons. The van der Waals surface area contributed by atoms with Gasteiger partial charge in [-0.15, -0.1) is 0 Å². The molecule has 0 aliphatic heterocycles. The second-order valence-corrected chi connectivity index (χ2v) is 4.12. The fraction of sp³-hybridized carbons (Fsp3) is 0.571. The first-order valence-electron chi connectivity index (χ1n) is 6.31. The smallest absolute Gasteiger partial charge is 0.122 e. The minimum Gasteiger partial charge on any atom is -0.496 e. The number of ether oxygens (including phenoxy) is 1. The van der Waals surface area contributed by atoms with Crippen molar-refractivity contribution in [3.8, 4) is 5.75 Å². The first-order valence-corrected chi connectivity index (χ1v) is 6.31. The van der Waals surface area contributed by atoms with E-state index >= 15 is 0 Å². The van der Waals surface area contributed by atoms with E-state index in [9.17, 15) is 0 Å². The van der Waals surface area contributed by atoms with Crippen LogP contribution in [0.2, 0.25) is 0 Å². The number of rotatable bonds is 7. The summed E-state index contributed by atoms with van der Waals surface area (Å²) < 4.78 is 5.34. The molecule has 0 heterocycles. The Morgan fingerprint density at radius 1 is 1.29 bits per heavy atom. The third kappa shape index (κ3) is 3.93. The van der Waals surface area contributed by atoms with Gasteiger partial charge in [-0.1, -0.05) is 13.8 Å². The molecule has 3 nitrogen and oxygen atoms in total. The van der Waals surface area contributed by atoms with Crippen molar-refractivity contribution in [2.75, 3.05) is 38.7 Å². The van der Waals surface area contributed by atoms with Crippen molar-refractivity contribution < 1.29 is 4.74 Å². The molecule has 0 unspecified atom stereocenters. The van der Waals surface area contributed by atoms with Gasteiger partial charge in [0, 0.05) is 25.8 Å². The van der Waals surface area contributed by atoms with Gasteiger partial charge in [0.2, 0.25) is 0 Å². The molecule has 1 aromatic carbocycles. The molecule has 0 amide bonds. The Labute approximate surface area is 105 Å². The van der Waals surface area contributed by atoms with Gasteiger partial charge in [0.05, 0.1) is 7.11 Å². The lowest BCUT2D eigenvalue weighted by atomic mass is 10.1. The molecule has 1 N–H and O–H groups in total. The molecule has 0 saturated heterocycles. The minimum absolute atomic E-state index is 0.983. The number of anilines is 1. The van der Waals surface area contributed by atoms with Crippen molar-refractivity contribution in [2.24, 2.45) is 0 Å². The largest absolute Gasteiger partial charge is 0.496 e. The lowest BCUT2D eigenvalue weighted by Crippen LogP contribution is -2.28. The van der Waals surface area contributed by atoms with Crippen molar-refractivity contribution >= 4 is 5.69 Å². The van der Waals surface area contributed by atoms with Crippen LogP contribution >= 0.6 is 0 Å². The summed E-state index contributed by atoms with van der Waals surface area (Å²) in [5, 5.41) is 3.33. The van der Waals surface area contributed by atoms with E-state index in [1.807, 2.05) is 0 Å². The van der Waals surface area contributed by atoms with Crippen molar-refractivity contribution in [3.05, 3.63) is 23.8 Å². The van der Waals surface area contributed by atoms with Gasteiger partial charge in [-0.25, -0.2) is 0 Å². The number of methoxy groups -OCH3 is 1.